The minimum atomic E-state index is -0.823. The molecule has 0 spiro atoms. The van der Waals surface area contributed by atoms with Crippen LogP contribution >= 0.6 is 23.2 Å². The van der Waals surface area contributed by atoms with Gasteiger partial charge < -0.3 is 0 Å². The summed E-state index contributed by atoms with van der Waals surface area (Å²) in [6.07, 6.45) is 0. The Morgan fingerprint density at radius 1 is 1.43 bits per heavy atom. The lowest BCUT2D eigenvalue weighted by molar-refractivity contribution is -0.0582. The smallest absolute Gasteiger partial charge is 0.281 e. The molecule has 0 bridgehead atoms. The lowest BCUT2D eigenvalue weighted by atomic mass is 10.2. The maximum Gasteiger partial charge on any atom is 0.281 e. The lowest BCUT2D eigenvalue weighted by Crippen LogP contribution is -2.18. The molecule has 0 saturated carbocycles. The van der Waals surface area contributed by atoms with Crippen LogP contribution < -0.4 is 0 Å². The van der Waals surface area contributed by atoms with E-state index >= 15 is 0 Å². The molecule has 4 nitrogen and oxygen atoms in total. The van der Waals surface area contributed by atoms with Crippen molar-refractivity contribution in [3.8, 4) is 0 Å². The molecule has 1 aromatic rings. The van der Waals surface area contributed by atoms with E-state index in [4.69, 9.17) is 28.4 Å². The summed E-state index contributed by atoms with van der Waals surface area (Å²) in [5.74, 6) is -1.59. The van der Waals surface area contributed by atoms with E-state index in [1.165, 1.54) is 0 Å². The van der Waals surface area contributed by atoms with Gasteiger partial charge in [0.05, 0.1) is 12.1 Å². The number of aromatic nitrogens is 1. The van der Waals surface area contributed by atoms with Crippen LogP contribution in [-0.4, -0.2) is 21.2 Å². The Bertz CT molecular complexity index is 438. The Labute approximate surface area is 87.8 Å². The van der Waals surface area contributed by atoms with Crippen LogP contribution in [0.4, 0.5) is 4.39 Å². The van der Waals surface area contributed by atoms with E-state index in [0.29, 0.717) is 5.06 Å². The first-order valence-electron chi connectivity index (χ1n) is 3.56. The normalized spacial score (nSPS) is 14.9. The molecule has 14 heavy (non-hydrogen) atoms. The first-order valence-corrected chi connectivity index (χ1v) is 4.32. The third kappa shape index (κ3) is 1.17. The third-order valence-corrected chi connectivity index (χ3v) is 2.43. The molecule has 0 radical (unpaired) electrons. The van der Waals surface area contributed by atoms with Gasteiger partial charge in [0, 0.05) is 5.56 Å². The summed E-state index contributed by atoms with van der Waals surface area (Å²) in [5, 5.41) is 8.80. The molecule has 0 fully saturated rings. The summed E-state index contributed by atoms with van der Waals surface area (Å²) in [7, 11) is 0. The number of amides is 1. The van der Waals surface area contributed by atoms with E-state index in [1.807, 2.05) is 0 Å². The largest absolute Gasteiger partial charge is 0.285 e. The second-order valence-corrected chi connectivity index (χ2v) is 3.44. The van der Waals surface area contributed by atoms with Crippen molar-refractivity contribution in [2.24, 2.45) is 0 Å². The van der Waals surface area contributed by atoms with E-state index in [0.717, 1.165) is 0 Å². The minimum Gasteiger partial charge on any atom is -0.285 e. The zero-order chi connectivity index (χ0) is 10.5. The Hall–Kier alpha value is -0.910. The van der Waals surface area contributed by atoms with Crippen LogP contribution in [0.3, 0.4) is 0 Å². The maximum absolute atomic E-state index is 13.3. The quantitative estimate of drug-likeness (QED) is 0.553. The van der Waals surface area contributed by atoms with Gasteiger partial charge >= 0.3 is 0 Å². The molecule has 7 heteroatoms. The highest BCUT2D eigenvalue weighted by molar-refractivity contribution is 6.35. The van der Waals surface area contributed by atoms with E-state index < -0.39 is 16.9 Å². The van der Waals surface area contributed by atoms with Crippen LogP contribution in [0, 0.1) is 5.82 Å². The number of hydroxylamine groups is 2. The summed E-state index contributed by atoms with van der Waals surface area (Å²) in [5.41, 5.74) is -0.154. The van der Waals surface area contributed by atoms with Gasteiger partial charge in [-0.15, -0.1) is 0 Å². The standard InChI is InChI=1S/C7H3Cl2FN2O2/c8-5-3-2(1-12(14)7(3)13)4(10)6(9)11-5/h14H,1H2. The molecule has 74 valence electrons. The van der Waals surface area contributed by atoms with Gasteiger partial charge in [-0.25, -0.2) is 14.4 Å². The molecule has 2 rings (SSSR count). The minimum absolute atomic E-state index is 0.0255. The molecule has 0 unspecified atom stereocenters. The van der Waals surface area contributed by atoms with Crippen LogP contribution in [0.1, 0.15) is 15.9 Å². The lowest BCUT2D eigenvalue weighted by Gasteiger charge is -2.02. The Balaban J connectivity index is 2.73. The van der Waals surface area contributed by atoms with Crippen LogP contribution in [-0.2, 0) is 6.54 Å². The highest BCUT2D eigenvalue weighted by atomic mass is 35.5. The van der Waals surface area contributed by atoms with Crippen LogP contribution in [0.15, 0.2) is 0 Å². The number of hydrogen-bond acceptors (Lipinski definition) is 3. The fraction of sp³-hybridized carbons (Fsp3) is 0.143. The number of nitrogens with zero attached hydrogens (tertiary/aromatic N) is 2. The Morgan fingerprint density at radius 3 is 2.71 bits per heavy atom. The number of rotatable bonds is 0. The summed E-state index contributed by atoms with van der Waals surface area (Å²) in [4.78, 5) is 14.6. The number of hydrogen-bond donors (Lipinski definition) is 1. The van der Waals surface area contributed by atoms with Crippen molar-refractivity contribution < 1.29 is 14.4 Å². The molecule has 0 atom stereocenters. The zero-order valence-electron chi connectivity index (χ0n) is 6.59. The van der Waals surface area contributed by atoms with Gasteiger partial charge in [-0.3, -0.25) is 10.0 Å². The van der Waals surface area contributed by atoms with E-state index in [1.54, 1.807) is 0 Å². The first-order chi connectivity index (χ1) is 6.52. The average molecular weight is 237 g/mol. The van der Waals surface area contributed by atoms with Crippen molar-refractivity contribution in [1.82, 2.24) is 10.0 Å². The predicted molar refractivity (Wildman–Crippen MR) is 45.9 cm³/mol. The maximum atomic E-state index is 13.3. The van der Waals surface area contributed by atoms with Crippen molar-refractivity contribution in [1.29, 1.82) is 0 Å². The summed E-state index contributed by atoms with van der Waals surface area (Å²) in [6.45, 7) is -0.262. The molecule has 0 saturated heterocycles. The molecule has 1 N–H and O–H groups in total. The van der Waals surface area contributed by atoms with Crippen molar-refractivity contribution in [2.75, 3.05) is 0 Å². The first kappa shape index (κ1) is 9.64. The summed E-state index contributed by atoms with van der Waals surface area (Å²) < 4.78 is 13.3. The van der Waals surface area contributed by atoms with Gasteiger partial charge in [-0.2, -0.15) is 0 Å². The topological polar surface area (TPSA) is 53.4 Å². The second kappa shape index (κ2) is 3.05. The van der Waals surface area contributed by atoms with Gasteiger partial charge in [0.2, 0.25) is 0 Å². The molecule has 1 amide bonds. The molecule has 1 aliphatic rings. The molecular weight excluding hydrogens is 234 g/mol. The van der Waals surface area contributed by atoms with Crippen molar-refractivity contribution in [3.05, 3.63) is 27.3 Å². The molecule has 2 heterocycles. The summed E-state index contributed by atoms with van der Waals surface area (Å²) >= 11 is 11.0. The van der Waals surface area contributed by atoms with E-state index in [9.17, 15) is 9.18 Å². The predicted octanol–water partition coefficient (Wildman–Crippen LogP) is 1.87. The molecule has 0 aromatic carbocycles. The second-order valence-electron chi connectivity index (χ2n) is 2.72. The van der Waals surface area contributed by atoms with E-state index in [-0.39, 0.29) is 22.8 Å². The number of fused-ring (bicyclic) bond motifs is 1. The van der Waals surface area contributed by atoms with Crippen molar-refractivity contribution in [2.45, 2.75) is 6.54 Å². The number of pyridine rings is 1. The van der Waals surface area contributed by atoms with Gasteiger partial charge in [0.1, 0.15) is 5.15 Å². The molecule has 1 aliphatic heterocycles. The van der Waals surface area contributed by atoms with Gasteiger partial charge in [-0.05, 0) is 0 Å². The highest BCUT2D eigenvalue weighted by Crippen LogP contribution is 2.31. The Kier molecular flexibility index (Phi) is 2.10. The molecular formula is C7H3Cl2FN2O2. The van der Waals surface area contributed by atoms with Gasteiger partial charge in [-0.1, -0.05) is 23.2 Å². The van der Waals surface area contributed by atoms with Crippen LogP contribution in [0.2, 0.25) is 10.3 Å². The fourth-order valence-corrected chi connectivity index (χ4v) is 1.79. The number of carbonyl (C=O) groups is 1. The summed E-state index contributed by atoms with van der Waals surface area (Å²) in [6, 6.07) is 0. The zero-order valence-corrected chi connectivity index (χ0v) is 8.10. The highest BCUT2D eigenvalue weighted by Gasteiger charge is 2.33. The molecule has 0 aliphatic carbocycles. The van der Waals surface area contributed by atoms with Crippen molar-refractivity contribution >= 4 is 29.1 Å². The monoisotopic (exact) mass is 236 g/mol. The SMILES string of the molecule is O=C1c2c(Cl)nc(Cl)c(F)c2CN1O. The van der Waals surface area contributed by atoms with Gasteiger partial charge in [0.15, 0.2) is 11.0 Å². The van der Waals surface area contributed by atoms with E-state index in [2.05, 4.69) is 4.98 Å². The Morgan fingerprint density at radius 2 is 2.07 bits per heavy atom. The third-order valence-electron chi connectivity index (χ3n) is 1.91. The van der Waals surface area contributed by atoms with Crippen molar-refractivity contribution in [3.63, 3.8) is 0 Å². The van der Waals surface area contributed by atoms with Crippen LogP contribution in [0.5, 0.6) is 0 Å². The molecule has 1 aromatic heterocycles. The number of carbonyl (C=O) groups excluding carboxylic acids is 1. The van der Waals surface area contributed by atoms with Crippen LogP contribution in [0.25, 0.3) is 0 Å². The average Bonchev–Trinajstić information content (AvgIpc) is 2.40. The van der Waals surface area contributed by atoms with Gasteiger partial charge in [0.25, 0.3) is 5.91 Å². The number of halogens is 3. The fourth-order valence-electron chi connectivity index (χ4n) is 1.27.